The maximum absolute atomic E-state index is 15.9. The van der Waals surface area contributed by atoms with Crippen molar-refractivity contribution in [1.82, 2.24) is 14.6 Å². The Balaban J connectivity index is 1.55. The molecule has 1 fully saturated rings. The molecule has 256 valence electrons. The third-order valence-electron chi connectivity index (χ3n) is 9.41. The summed E-state index contributed by atoms with van der Waals surface area (Å²) in [5.41, 5.74) is 3.65. The summed E-state index contributed by atoms with van der Waals surface area (Å²) in [5, 5.41) is 15.5. The number of carboxylic acid groups (broad SMARTS) is 1. The Morgan fingerprint density at radius 3 is 2.54 bits per heavy atom. The molecule has 10 heteroatoms. The summed E-state index contributed by atoms with van der Waals surface area (Å²) in [6.07, 6.45) is 2.81. The van der Waals surface area contributed by atoms with Gasteiger partial charge < -0.3 is 24.2 Å². The van der Waals surface area contributed by atoms with Crippen LogP contribution < -0.4 is 9.64 Å². The SMILES string of the molecule is Cc1ccc2c(c1F)-c1cccc(c1)-c1cc3nc(C)c([C@H](OC(C)(C)C)C(=O)O)c(n3n1)N1CCC(C)(CC1)OCCCC[C@H](C)O2. The van der Waals surface area contributed by atoms with Crippen LogP contribution in [0.4, 0.5) is 10.2 Å². The second-order valence-corrected chi connectivity index (χ2v) is 14.5. The third kappa shape index (κ3) is 6.91. The number of halogens is 1. The van der Waals surface area contributed by atoms with Gasteiger partial charge >= 0.3 is 5.97 Å². The molecule has 0 saturated carbocycles. The molecule has 0 radical (unpaired) electrons. The van der Waals surface area contributed by atoms with Crippen molar-refractivity contribution in [2.24, 2.45) is 0 Å². The van der Waals surface area contributed by atoms with Gasteiger partial charge in [0.15, 0.2) is 11.8 Å². The Morgan fingerprint density at radius 2 is 1.83 bits per heavy atom. The Kier molecular flexibility index (Phi) is 9.26. The van der Waals surface area contributed by atoms with Crippen molar-refractivity contribution in [2.45, 2.75) is 104 Å². The van der Waals surface area contributed by atoms with Crippen LogP contribution in [-0.4, -0.2) is 62.7 Å². The molecule has 0 unspecified atom stereocenters. The number of carbonyl (C=O) groups is 1. The van der Waals surface area contributed by atoms with Crippen molar-refractivity contribution < 1.29 is 28.5 Å². The number of carboxylic acids is 1. The number of aromatic nitrogens is 3. The number of fused-ring (bicyclic) bond motifs is 8. The van der Waals surface area contributed by atoms with Crippen molar-refractivity contribution in [2.75, 3.05) is 24.6 Å². The highest BCUT2D eigenvalue weighted by molar-refractivity contribution is 5.80. The van der Waals surface area contributed by atoms with Gasteiger partial charge in [0.2, 0.25) is 0 Å². The molecule has 7 rings (SSSR count). The van der Waals surface area contributed by atoms with Crippen LogP contribution in [-0.2, 0) is 14.3 Å². The number of benzene rings is 2. The molecule has 6 bridgehead atoms. The molecule has 4 aromatic rings. The van der Waals surface area contributed by atoms with Gasteiger partial charge in [0.25, 0.3) is 0 Å². The highest BCUT2D eigenvalue weighted by atomic mass is 19.1. The zero-order valence-electron chi connectivity index (χ0n) is 29.1. The summed E-state index contributed by atoms with van der Waals surface area (Å²) in [5.74, 6) is -0.247. The van der Waals surface area contributed by atoms with Gasteiger partial charge in [0.1, 0.15) is 17.4 Å². The Morgan fingerprint density at radius 1 is 1.10 bits per heavy atom. The molecule has 2 aromatic heterocycles. The molecule has 48 heavy (non-hydrogen) atoms. The van der Waals surface area contributed by atoms with Crippen LogP contribution in [0.5, 0.6) is 5.75 Å². The first-order chi connectivity index (χ1) is 22.7. The number of piperidine rings is 1. The first kappa shape index (κ1) is 33.9. The van der Waals surface area contributed by atoms with Crippen LogP contribution >= 0.6 is 0 Å². The first-order valence-electron chi connectivity index (χ1n) is 17.0. The predicted octanol–water partition coefficient (Wildman–Crippen LogP) is 8.09. The molecule has 0 spiro atoms. The lowest BCUT2D eigenvalue weighted by Gasteiger charge is -2.41. The summed E-state index contributed by atoms with van der Waals surface area (Å²) in [6, 6.07) is 13.1. The number of anilines is 1. The number of aliphatic carboxylic acids is 1. The molecule has 2 atom stereocenters. The molecule has 3 aliphatic rings. The lowest BCUT2D eigenvalue weighted by molar-refractivity contribution is -0.160. The fourth-order valence-electron chi connectivity index (χ4n) is 6.78. The van der Waals surface area contributed by atoms with E-state index in [1.807, 2.05) is 71.0 Å². The van der Waals surface area contributed by atoms with Gasteiger partial charge in [0, 0.05) is 37.0 Å². The largest absolute Gasteiger partial charge is 0.490 e. The quantitative estimate of drug-likeness (QED) is 0.236. The van der Waals surface area contributed by atoms with Gasteiger partial charge in [-0.05, 0) is 104 Å². The maximum Gasteiger partial charge on any atom is 0.337 e. The van der Waals surface area contributed by atoms with E-state index in [2.05, 4.69) is 11.8 Å². The summed E-state index contributed by atoms with van der Waals surface area (Å²) in [4.78, 5) is 19.9. The normalized spacial score (nSPS) is 21.2. The lowest BCUT2D eigenvalue weighted by atomic mass is 9.92. The minimum Gasteiger partial charge on any atom is -0.490 e. The minimum atomic E-state index is -1.26. The predicted molar refractivity (Wildman–Crippen MR) is 184 cm³/mol. The van der Waals surface area contributed by atoms with Crippen LogP contribution in [0.15, 0.2) is 42.5 Å². The number of hydrogen-bond acceptors (Lipinski definition) is 7. The second-order valence-electron chi connectivity index (χ2n) is 14.5. The lowest BCUT2D eigenvalue weighted by Crippen LogP contribution is -2.46. The summed E-state index contributed by atoms with van der Waals surface area (Å²) >= 11 is 0. The molecular weight excluding hydrogens is 611 g/mol. The molecule has 9 nitrogen and oxygen atoms in total. The Labute approximate surface area is 282 Å². The number of rotatable bonds is 3. The van der Waals surface area contributed by atoms with Crippen LogP contribution in [0.2, 0.25) is 0 Å². The monoisotopic (exact) mass is 658 g/mol. The average Bonchev–Trinajstić information content (AvgIpc) is 3.44. The van der Waals surface area contributed by atoms with E-state index in [-0.39, 0.29) is 17.5 Å². The first-order valence-corrected chi connectivity index (χ1v) is 17.0. The van der Waals surface area contributed by atoms with Crippen molar-refractivity contribution in [3.63, 3.8) is 0 Å². The number of aryl methyl sites for hydroxylation is 2. The molecule has 3 aliphatic heterocycles. The molecular formula is C38H47FN4O5. The number of ether oxygens (including phenoxy) is 3. The van der Waals surface area contributed by atoms with Gasteiger partial charge in [-0.3, -0.25) is 0 Å². The molecule has 0 amide bonds. The molecule has 1 N–H and O–H groups in total. The van der Waals surface area contributed by atoms with Crippen LogP contribution in [0.1, 0.15) is 89.6 Å². The van der Waals surface area contributed by atoms with E-state index in [1.165, 1.54) is 0 Å². The smallest absolute Gasteiger partial charge is 0.337 e. The Bertz CT molecular complexity index is 1820. The van der Waals surface area contributed by atoms with Crippen LogP contribution in [0, 0.1) is 19.7 Å². The van der Waals surface area contributed by atoms with E-state index in [9.17, 15) is 9.90 Å². The van der Waals surface area contributed by atoms with Crippen LogP contribution in [0.3, 0.4) is 0 Å². The summed E-state index contributed by atoms with van der Waals surface area (Å²) in [7, 11) is 0. The fourth-order valence-corrected chi connectivity index (χ4v) is 6.78. The number of nitrogens with zero attached hydrogens (tertiary/aromatic N) is 4. The minimum absolute atomic E-state index is 0.101. The van der Waals surface area contributed by atoms with E-state index in [0.717, 1.165) is 37.7 Å². The van der Waals surface area contributed by atoms with Gasteiger partial charge in [-0.25, -0.2) is 14.2 Å². The molecule has 5 heterocycles. The third-order valence-corrected chi connectivity index (χ3v) is 9.41. The standard InChI is InChI=1S/C38H47FN4O5/c1-23-14-15-29-32(33(23)39)27-13-10-12-26(21-27)28-22-30-40-25(3)31(34(36(44)45)48-37(4,5)6)35(43(30)41-28)42-18-16-38(7,17-19-42)46-20-9-8-11-24(2)47-29/h10,12-15,21-22,24,34H,8-9,11,16-20H2,1-7H3,(H,44,45)/t24-,34-/m0/s1. The average molecular weight is 659 g/mol. The number of hydrogen-bond donors (Lipinski definition) is 1. The van der Waals surface area contributed by atoms with Crippen molar-refractivity contribution in [1.29, 1.82) is 0 Å². The summed E-state index contributed by atoms with van der Waals surface area (Å²) in [6.45, 7) is 15.2. The topological polar surface area (TPSA) is 98.4 Å². The zero-order valence-corrected chi connectivity index (χ0v) is 29.1. The van der Waals surface area contributed by atoms with E-state index >= 15 is 4.39 Å². The maximum atomic E-state index is 15.9. The molecule has 2 aromatic carbocycles. The van der Waals surface area contributed by atoms with Gasteiger partial charge in [-0.1, -0.05) is 24.3 Å². The van der Waals surface area contributed by atoms with Crippen molar-refractivity contribution >= 4 is 17.4 Å². The van der Waals surface area contributed by atoms with E-state index in [0.29, 0.717) is 70.6 Å². The van der Waals surface area contributed by atoms with E-state index in [4.69, 9.17) is 24.3 Å². The van der Waals surface area contributed by atoms with Crippen LogP contribution in [0.25, 0.3) is 28.0 Å². The summed E-state index contributed by atoms with van der Waals surface area (Å²) < 4.78 is 36.7. The Hall–Kier alpha value is -4.02. The molecule has 0 aliphatic carbocycles. The van der Waals surface area contributed by atoms with Crippen molar-refractivity contribution in [3.8, 4) is 28.1 Å². The van der Waals surface area contributed by atoms with E-state index in [1.54, 1.807) is 17.5 Å². The fraction of sp³-hybridized carbons (Fsp3) is 0.500. The highest BCUT2D eigenvalue weighted by Gasteiger charge is 2.38. The zero-order chi connectivity index (χ0) is 34.4. The molecule has 1 saturated heterocycles. The van der Waals surface area contributed by atoms with Gasteiger partial charge in [-0.15, -0.1) is 0 Å². The second kappa shape index (κ2) is 13.1. The van der Waals surface area contributed by atoms with Crippen molar-refractivity contribution in [3.05, 3.63) is 65.1 Å². The van der Waals surface area contributed by atoms with E-state index < -0.39 is 17.7 Å². The van der Waals surface area contributed by atoms with Gasteiger partial charge in [-0.2, -0.15) is 9.61 Å². The highest BCUT2D eigenvalue weighted by Crippen LogP contribution is 2.40. The van der Waals surface area contributed by atoms with Gasteiger partial charge in [0.05, 0.1) is 34.1 Å².